The lowest BCUT2D eigenvalue weighted by Crippen LogP contribution is -2.17. The van der Waals surface area contributed by atoms with Gasteiger partial charge in [0, 0.05) is 11.4 Å². The van der Waals surface area contributed by atoms with Crippen molar-refractivity contribution in [2.45, 2.75) is 12.5 Å². The van der Waals surface area contributed by atoms with Crippen LogP contribution in [0.15, 0.2) is 24.3 Å². The Bertz CT molecular complexity index is 500. The number of hydrogen-bond acceptors (Lipinski definition) is 4. The first-order valence-corrected chi connectivity index (χ1v) is 5.48. The maximum Gasteiger partial charge on any atom is 0.223 e. The Hall–Kier alpha value is -1.23. The molecule has 5 heteroatoms. The van der Waals surface area contributed by atoms with Crippen LogP contribution < -0.4 is 11.5 Å². The number of rotatable bonds is 3. The Kier molecular flexibility index (Phi) is 3.33. The van der Waals surface area contributed by atoms with E-state index in [4.69, 9.17) is 23.1 Å². The third-order valence-corrected chi connectivity index (χ3v) is 2.60. The van der Waals surface area contributed by atoms with Crippen LogP contribution in [-0.4, -0.2) is 16.5 Å². The molecule has 1 atom stereocenters. The lowest BCUT2D eigenvalue weighted by Gasteiger charge is -2.12. The maximum atomic E-state index is 6.01. The summed E-state index contributed by atoms with van der Waals surface area (Å²) in [5.41, 5.74) is 13.1. The highest BCUT2D eigenvalue weighted by atomic mass is 35.5. The normalized spacial score (nSPS) is 12.9. The number of hydrogen-bond donors (Lipinski definition) is 2. The van der Waals surface area contributed by atoms with Crippen LogP contribution in [0.2, 0.25) is 5.28 Å². The van der Waals surface area contributed by atoms with Crippen molar-refractivity contribution < 1.29 is 0 Å². The number of para-hydroxylation sites is 1. The molecule has 4 nitrogen and oxygen atoms in total. The molecule has 0 aliphatic rings. The van der Waals surface area contributed by atoms with Crippen LogP contribution in [0, 0.1) is 0 Å². The van der Waals surface area contributed by atoms with Gasteiger partial charge in [0.15, 0.2) is 0 Å². The zero-order valence-corrected chi connectivity index (χ0v) is 9.48. The zero-order chi connectivity index (χ0) is 11.5. The van der Waals surface area contributed by atoms with Crippen LogP contribution in [0.5, 0.6) is 0 Å². The number of nitrogens with two attached hydrogens (primary N) is 2. The Morgan fingerprint density at radius 2 is 2.00 bits per heavy atom. The summed E-state index contributed by atoms with van der Waals surface area (Å²) in [6, 6.07) is 7.47. The molecule has 84 valence electrons. The summed E-state index contributed by atoms with van der Waals surface area (Å²) in [7, 11) is 0. The third kappa shape index (κ3) is 2.14. The Morgan fingerprint density at radius 1 is 1.25 bits per heavy atom. The van der Waals surface area contributed by atoms with Gasteiger partial charge < -0.3 is 11.5 Å². The highest BCUT2D eigenvalue weighted by Gasteiger charge is 2.12. The number of benzene rings is 1. The van der Waals surface area contributed by atoms with Gasteiger partial charge in [-0.05, 0) is 30.6 Å². The van der Waals surface area contributed by atoms with Gasteiger partial charge in [-0.3, -0.25) is 0 Å². The molecule has 2 rings (SSSR count). The number of aromatic nitrogens is 2. The molecule has 0 radical (unpaired) electrons. The van der Waals surface area contributed by atoms with Gasteiger partial charge in [0.2, 0.25) is 5.28 Å². The third-order valence-electron chi connectivity index (χ3n) is 2.43. The van der Waals surface area contributed by atoms with Gasteiger partial charge in [0.1, 0.15) is 0 Å². The second-order valence-corrected chi connectivity index (χ2v) is 3.92. The quantitative estimate of drug-likeness (QED) is 0.794. The van der Waals surface area contributed by atoms with E-state index >= 15 is 0 Å². The molecule has 0 aliphatic heterocycles. The topological polar surface area (TPSA) is 77.8 Å². The fraction of sp³-hybridized carbons (Fsp3) is 0.273. The van der Waals surface area contributed by atoms with Crippen molar-refractivity contribution in [3.8, 4) is 0 Å². The van der Waals surface area contributed by atoms with E-state index in [1.54, 1.807) is 0 Å². The SMILES string of the molecule is NCCC(N)c1nc(Cl)nc2ccccc12. The highest BCUT2D eigenvalue weighted by Crippen LogP contribution is 2.23. The van der Waals surface area contributed by atoms with Gasteiger partial charge in [-0.2, -0.15) is 0 Å². The summed E-state index contributed by atoms with van der Waals surface area (Å²) in [5.74, 6) is 0. The molecule has 1 heterocycles. The summed E-state index contributed by atoms with van der Waals surface area (Å²) >= 11 is 5.86. The van der Waals surface area contributed by atoms with Gasteiger partial charge >= 0.3 is 0 Å². The van der Waals surface area contributed by atoms with Crippen molar-refractivity contribution in [3.63, 3.8) is 0 Å². The molecule has 0 saturated heterocycles. The predicted octanol–water partition coefficient (Wildman–Crippen LogP) is 1.63. The Labute approximate surface area is 98.6 Å². The molecule has 4 N–H and O–H groups in total. The standard InChI is InChI=1S/C11H13ClN4/c12-11-15-9-4-2-1-3-7(9)10(16-11)8(14)5-6-13/h1-4,8H,5-6,13-14H2. The first kappa shape index (κ1) is 11.3. The first-order chi connectivity index (χ1) is 7.72. The van der Waals surface area contributed by atoms with E-state index in [9.17, 15) is 0 Å². The fourth-order valence-electron chi connectivity index (χ4n) is 1.67. The molecule has 0 fully saturated rings. The molecule has 0 amide bonds. The number of nitrogens with zero attached hydrogens (tertiary/aromatic N) is 2. The minimum Gasteiger partial charge on any atom is -0.330 e. The van der Waals surface area contributed by atoms with Crippen LogP contribution in [0.3, 0.4) is 0 Å². The second-order valence-electron chi connectivity index (χ2n) is 3.58. The second kappa shape index (κ2) is 4.74. The first-order valence-electron chi connectivity index (χ1n) is 5.10. The number of halogens is 1. The zero-order valence-electron chi connectivity index (χ0n) is 8.73. The highest BCUT2D eigenvalue weighted by molar-refractivity contribution is 6.28. The van der Waals surface area contributed by atoms with Crippen LogP contribution in [0.25, 0.3) is 10.9 Å². The number of fused-ring (bicyclic) bond motifs is 1. The van der Waals surface area contributed by atoms with Gasteiger partial charge in [-0.25, -0.2) is 9.97 Å². The van der Waals surface area contributed by atoms with Crippen molar-refractivity contribution in [2.75, 3.05) is 6.54 Å². The fourth-order valence-corrected chi connectivity index (χ4v) is 1.85. The average Bonchev–Trinajstić information content (AvgIpc) is 2.28. The summed E-state index contributed by atoms with van der Waals surface area (Å²) in [6.07, 6.45) is 0.678. The lowest BCUT2D eigenvalue weighted by atomic mass is 10.1. The Balaban J connectivity index is 2.58. The van der Waals surface area contributed by atoms with Gasteiger partial charge in [-0.1, -0.05) is 18.2 Å². The van der Waals surface area contributed by atoms with Crippen molar-refractivity contribution >= 4 is 22.5 Å². The molecule has 2 aromatic rings. The van der Waals surface area contributed by atoms with Gasteiger partial charge in [0.25, 0.3) is 0 Å². The van der Waals surface area contributed by atoms with E-state index in [1.807, 2.05) is 24.3 Å². The maximum absolute atomic E-state index is 6.01. The molecular formula is C11H13ClN4. The molecule has 0 aliphatic carbocycles. The van der Waals surface area contributed by atoms with E-state index in [0.29, 0.717) is 13.0 Å². The van der Waals surface area contributed by atoms with Crippen molar-refractivity contribution in [2.24, 2.45) is 11.5 Å². The van der Waals surface area contributed by atoms with E-state index in [0.717, 1.165) is 16.6 Å². The van der Waals surface area contributed by atoms with Crippen LogP contribution in [0.1, 0.15) is 18.2 Å². The molecule has 1 unspecified atom stereocenters. The largest absolute Gasteiger partial charge is 0.330 e. The predicted molar refractivity (Wildman–Crippen MR) is 65.1 cm³/mol. The van der Waals surface area contributed by atoms with E-state index in [2.05, 4.69) is 9.97 Å². The lowest BCUT2D eigenvalue weighted by molar-refractivity contribution is 0.647. The molecule has 0 saturated carbocycles. The molecule has 0 spiro atoms. The van der Waals surface area contributed by atoms with Crippen molar-refractivity contribution in [1.82, 2.24) is 9.97 Å². The Morgan fingerprint density at radius 3 is 2.75 bits per heavy atom. The van der Waals surface area contributed by atoms with Crippen LogP contribution in [-0.2, 0) is 0 Å². The van der Waals surface area contributed by atoms with Crippen LogP contribution >= 0.6 is 11.6 Å². The summed E-state index contributed by atoms with van der Waals surface area (Å²) in [4.78, 5) is 8.34. The molecule has 1 aromatic heterocycles. The minimum atomic E-state index is -0.199. The van der Waals surface area contributed by atoms with E-state index in [1.165, 1.54) is 0 Å². The summed E-state index contributed by atoms with van der Waals surface area (Å²) in [6.45, 7) is 0.525. The molecular weight excluding hydrogens is 224 g/mol. The van der Waals surface area contributed by atoms with Gasteiger partial charge in [0.05, 0.1) is 11.2 Å². The molecule has 16 heavy (non-hydrogen) atoms. The van der Waals surface area contributed by atoms with Gasteiger partial charge in [-0.15, -0.1) is 0 Å². The summed E-state index contributed by atoms with van der Waals surface area (Å²) < 4.78 is 0. The monoisotopic (exact) mass is 236 g/mol. The average molecular weight is 237 g/mol. The molecule has 0 bridgehead atoms. The summed E-state index contributed by atoms with van der Waals surface area (Å²) in [5, 5.41) is 1.16. The van der Waals surface area contributed by atoms with Crippen molar-refractivity contribution in [1.29, 1.82) is 0 Å². The minimum absolute atomic E-state index is 0.199. The smallest absolute Gasteiger partial charge is 0.223 e. The van der Waals surface area contributed by atoms with Crippen LogP contribution in [0.4, 0.5) is 0 Å². The van der Waals surface area contributed by atoms with Crippen molar-refractivity contribution in [3.05, 3.63) is 35.2 Å². The molecule has 1 aromatic carbocycles. The van der Waals surface area contributed by atoms with E-state index < -0.39 is 0 Å². The van der Waals surface area contributed by atoms with E-state index in [-0.39, 0.29) is 11.3 Å².